The van der Waals surface area contributed by atoms with E-state index >= 15 is 0 Å². The van der Waals surface area contributed by atoms with E-state index in [1.807, 2.05) is 12.1 Å². The number of nitriles is 1. The first-order valence-electron chi connectivity index (χ1n) is 6.85. The average Bonchev–Trinajstić information content (AvgIpc) is 2.46. The van der Waals surface area contributed by atoms with Crippen LogP contribution in [0.25, 0.3) is 11.1 Å². The van der Waals surface area contributed by atoms with Crippen LogP contribution < -0.4 is 5.32 Å². The topological polar surface area (TPSA) is 62.1 Å². The number of carbonyl (C=O) groups excluding carboxylic acids is 1. The number of hydrogen-bond acceptors (Lipinski definition) is 3. The van der Waals surface area contributed by atoms with Gasteiger partial charge in [-0.3, -0.25) is 5.32 Å². The molecule has 0 saturated heterocycles. The minimum atomic E-state index is -0.818. The van der Waals surface area contributed by atoms with E-state index < -0.39 is 17.5 Å². The molecule has 6 heteroatoms. The SMILES string of the molecule is CC1(C)OC(=O)Nc2c(Br)cc(-c3cc(F)cc(C#N)c3)cc21. The molecule has 0 spiro atoms. The van der Waals surface area contributed by atoms with Crippen LogP contribution in [0.4, 0.5) is 14.9 Å². The van der Waals surface area contributed by atoms with Gasteiger partial charge in [0.05, 0.1) is 17.3 Å². The molecule has 1 aliphatic rings. The Morgan fingerprint density at radius 1 is 1.22 bits per heavy atom. The van der Waals surface area contributed by atoms with Gasteiger partial charge in [0.25, 0.3) is 0 Å². The summed E-state index contributed by atoms with van der Waals surface area (Å²) in [6, 6.07) is 9.71. The molecule has 0 fully saturated rings. The quantitative estimate of drug-likeness (QED) is 0.769. The Labute approximate surface area is 141 Å². The average molecular weight is 375 g/mol. The minimum Gasteiger partial charge on any atom is -0.438 e. The molecule has 0 saturated carbocycles. The number of rotatable bonds is 1. The van der Waals surface area contributed by atoms with Crippen LogP contribution >= 0.6 is 15.9 Å². The summed E-state index contributed by atoms with van der Waals surface area (Å²) in [5.41, 5.74) is 2.13. The number of fused-ring (bicyclic) bond motifs is 1. The second-order valence-electron chi connectivity index (χ2n) is 5.75. The van der Waals surface area contributed by atoms with Crippen molar-refractivity contribution in [1.82, 2.24) is 0 Å². The van der Waals surface area contributed by atoms with Crippen LogP contribution in [0.3, 0.4) is 0 Å². The highest BCUT2D eigenvalue weighted by molar-refractivity contribution is 9.10. The van der Waals surface area contributed by atoms with Gasteiger partial charge in [-0.2, -0.15) is 5.26 Å². The molecule has 3 rings (SSSR count). The number of nitrogens with zero attached hydrogens (tertiary/aromatic N) is 1. The van der Waals surface area contributed by atoms with Gasteiger partial charge in [0, 0.05) is 10.0 Å². The van der Waals surface area contributed by atoms with Crippen molar-refractivity contribution in [1.29, 1.82) is 5.26 Å². The number of ether oxygens (including phenoxy) is 1. The fourth-order valence-corrected chi connectivity index (χ4v) is 3.17. The summed E-state index contributed by atoms with van der Waals surface area (Å²) < 4.78 is 19.7. The van der Waals surface area contributed by atoms with E-state index in [1.54, 1.807) is 26.0 Å². The summed E-state index contributed by atoms with van der Waals surface area (Å²) in [5, 5.41) is 11.7. The zero-order valence-corrected chi connectivity index (χ0v) is 14.0. The van der Waals surface area contributed by atoms with E-state index in [1.165, 1.54) is 12.1 Å². The number of anilines is 1. The van der Waals surface area contributed by atoms with E-state index in [2.05, 4.69) is 21.2 Å². The van der Waals surface area contributed by atoms with Crippen molar-refractivity contribution in [3.63, 3.8) is 0 Å². The number of hydrogen-bond donors (Lipinski definition) is 1. The van der Waals surface area contributed by atoms with Gasteiger partial charge in [-0.15, -0.1) is 0 Å². The number of cyclic esters (lactones) is 1. The monoisotopic (exact) mass is 374 g/mol. The predicted molar refractivity (Wildman–Crippen MR) is 87.4 cm³/mol. The van der Waals surface area contributed by atoms with E-state index in [9.17, 15) is 9.18 Å². The second-order valence-corrected chi connectivity index (χ2v) is 6.60. The highest BCUT2D eigenvalue weighted by Gasteiger charge is 2.35. The Kier molecular flexibility index (Phi) is 3.61. The number of amides is 1. The lowest BCUT2D eigenvalue weighted by Gasteiger charge is -2.33. The highest BCUT2D eigenvalue weighted by atomic mass is 79.9. The van der Waals surface area contributed by atoms with E-state index in [-0.39, 0.29) is 5.56 Å². The summed E-state index contributed by atoms with van der Waals surface area (Å²) in [6.07, 6.45) is -0.520. The normalized spacial score (nSPS) is 15.2. The van der Waals surface area contributed by atoms with Crippen LogP contribution in [0, 0.1) is 17.1 Å². The third-order valence-electron chi connectivity index (χ3n) is 3.67. The molecule has 23 heavy (non-hydrogen) atoms. The summed E-state index contributed by atoms with van der Waals surface area (Å²) in [5.74, 6) is -0.475. The lowest BCUT2D eigenvalue weighted by molar-refractivity contribution is 0.0420. The van der Waals surface area contributed by atoms with E-state index in [0.717, 1.165) is 11.1 Å². The van der Waals surface area contributed by atoms with Gasteiger partial charge in [0.15, 0.2) is 0 Å². The third-order valence-corrected chi connectivity index (χ3v) is 4.30. The Morgan fingerprint density at radius 3 is 2.61 bits per heavy atom. The third kappa shape index (κ3) is 2.80. The molecule has 0 bridgehead atoms. The summed E-state index contributed by atoms with van der Waals surface area (Å²) in [4.78, 5) is 11.6. The van der Waals surface area contributed by atoms with Gasteiger partial charge in [-0.1, -0.05) is 0 Å². The molecule has 2 aromatic rings. The summed E-state index contributed by atoms with van der Waals surface area (Å²) >= 11 is 3.43. The summed E-state index contributed by atoms with van der Waals surface area (Å²) in [6.45, 7) is 3.57. The number of nitrogens with one attached hydrogen (secondary N) is 1. The molecule has 1 amide bonds. The van der Waals surface area contributed by atoms with Crippen molar-refractivity contribution in [2.24, 2.45) is 0 Å². The predicted octanol–water partition coefficient (Wildman–Crippen LogP) is 4.92. The zero-order valence-electron chi connectivity index (χ0n) is 12.4. The molecule has 1 N–H and O–H groups in total. The Balaban J connectivity index is 2.21. The standard InChI is InChI=1S/C17H12BrFN2O2/c1-17(2)13-6-11(7-14(18)15(13)21-16(22)23-17)10-3-9(8-20)4-12(19)5-10/h3-7H,1-2H3,(H,21,22). The largest absolute Gasteiger partial charge is 0.438 e. The maximum absolute atomic E-state index is 13.7. The first-order chi connectivity index (χ1) is 10.8. The van der Waals surface area contributed by atoms with Crippen LogP contribution in [0.1, 0.15) is 25.0 Å². The van der Waals surface area contributed by atoms with Crippen LogP contribution in [0.15, 0.2) is 34.8 Å². The minimum absolute atomic E-state index is 0.248. The fourth-order valence-electron chi connectivity index (χ4n) is 2.61. The maximum atomic E-state index is 13.7. The van der Waals surface area contributed by atoms with E-state index in [4.69, 9.17) is 10.00 Å². The lowest BCUT2D eigenvalue weighted by Crippen LogP contribution is -2.35. The Morgan fingerprint density at radius 2 is 1.91 bits per heavy atom. The van der Waals surface area contributed by atoms with Gasteiger partial charge in [0.1, 0.15) is 11.4 Å². The van der Waals surface area contributed by atoms with Crippen molar-refractivity contribution < 1.29 is 13.9 Å². The molecular weight excluding hydrogens is 363 g/mol. The van der Waals surface area contributed by atoms with Crippen molar-refractivity contribution in [2.45, 2.75) is 19.4 Å². The van der Waals surface area contributed by atoms with Crippen LogP contribution in [-0.4, -0.2) is 6.09 Å². The molecule has 2 aromatic carbocycles. The van der Waals surface area contributed by atoms with Gasteiger partial charge < -0.3 is 4.74 Å². The molecule has 0 radical (unpaired) electrons. The smallest absolute Gasteiger partial charge is 0.412 e. The highest BCUT2D eigenvalue weighted by Crippen LogP contribution is 2.42. The summed E-state index contributed by atoms with van der Waals surface area (Å²) in [7, 11) is 0. The molecule has 1 heterocycles. The molecule has 0 atom stereocenters. The molecular formula is C17H12BrFN2O2. The lowest BCUT2D eigenvalue weighted by atomic mass is 9.91. The van der Waals surface area contributed by atoms with Crippen LogP contribution in [-0.2, 0) is 10.3 Å². The molecule has 116 valence electrons. The molecule has 0 unspecified atom stereocenters. The van der Waals surface area contributed by atoms with Crippen LogP contribution in [0.2, 0.25) is 0 Å². The molecule has 0 aliphatic carbocycles. The fraction of sp³-hybridized carbons (Fsp3) is 0.176. The number of benzene rings is 2. The first-order valence-corrected chi connectivity index (χ1v) is 7.64. The zero-order chi connectivity index (χ0) is 16.8. The van der Waals surface area contributed by atoms with Gasteiger partial charge in [-0.25, -0.2) is 9.18 Å². The Bertz CT molecular complexity index is 872. The van der Waals surface area contributed by atoms with Crippen LogP contribution in [0.5, 0.6) is 0 Å². The van der Waals surface area contributed by atoms with Gasteiger partial charge >= 0.3 is 6.09 Å². The maximum Gasteiger partial charge on any atom is 0.412 e. The van der Waals surface area contributed by atoms with Crippen molar-refractivity contribution in [3.8, 4) is 17.2 Å². The van der Waals surface area contributed by atoms with Crippen molar-refractivity contribution in [3.05, 3.63) is 51.7 Å². The molecule has 0 aromatic heterocycles. The van der Waals surface area contributed by atoms with E-state index in [0.29, 0.717) is 15.7 Å². The first kappa shape index (κ1) is 15.5. The second kappa shape index (κ2) is 5.36. The van der Waals surface area contributed by atoms with Crippen molar-refractivity contribution >= 4 is 27.7 Å². The molecule has 1 aliphatic heterocycles. The molecule has 4 nitrogen and oxygen atoms in total. The van der Waals surface area contributed by atoms with Gasteiger partial charge in [-0.05, 0) is 71.2 Å². The van der Waals surface area contributed by atoms with Crippen molar-refractivity contribution in [2.75, 3.05) is 5.32 Å². The number of carbonyl (C=O) groups is 1. The number of halogens is 2. The Hall–Kier alpha value is -2.39. The van der Waals surface area contributed by atoms with Gasteiger partial charge in [0.2, 0.25) is 0 Å².